The fraction of sp³-hybridized carbons (Fsp3) is 0.375. The molecule has 0 unspecified atom stereocenters. The minimum atomic E-state index is -0.518. The highest BCUT2D eigenvalue weighted by molar-refractivity contribution is 5.64. The third-order valence-electron chi connectivity index (χ3n) is 1.73. The molecule has 4 heteroatoms. The van der Waals surface area contributed by atoms with Gasteiger partial charge in [-0.25, -0.2) is 0 Å². The van der Waals surface area contributed by atoms with Gasteiger partial charge in [-0.05, 0) is 19.1 Å². The second-order valence-corrected chi connectivity index (χ2v) is 3.19. The molecule has 12 heavy (non-hydrogen) atoms. The number of oxazole rings is 1. The number of rotatable bonds is 0. The predicted molar refractivity (Wildman–Crippen MR) is 46.5 cm³/mol. The van der Waals surface area contributed by atoms with E-state index in [4.69, 9.17) is 10.2 Å². The maximum Gasteiger partial charge on any atom is 0.193 e. The van der Waals surface area contributed by atoms with Gasteiger partial charge in [0, 0.05) is 6.92 Å². The van der Waals surface area contributed by atoms with Crippen molar-refractivity contribution in [1.82, 2.24) is 4.98 Å². The zero-order valence-electron chi connectivity index (χ0n) is 7.09. The lowest BCUT2D eigenvalue weighted by Gasteiger charge is -2.24. The lowest BCUT2D eigenvalue weighted by molar-refractivity contribution is 0.510. The third-order valence-corrected chi connectivity index (χ3v) is 1.73. The van der Waals surface area contributed by atoms with Gasteiger partial charge < -0.3 is 15.5 Å². The van der Waals surface area contributed by atoms with Gasteiger partial charge in [0.15, 0.2) is 17.5 Å². The Morgan fingerprint density at radius 2 is 2.42 bits per heavy atom. The first kappa shape index (κ1) is 7.36. The van der Waals surface area contributed by atoms with Gasteiger partial charge in [0.2, 0.25) is 0 Å². The Bertz CT molecular complexity index is 338. The van der Waals surface area contributed by atoms with Gasteiger partial charge in [-0.1, -0.05) is 0 Å². The summed E-state index contributed by atoms with van der Waals surface area (Å²) in [6.45, 7) is 3.68. The Morgan fingerprint density at radius 1 is 1.67 bits per heavy atom. The van der Waals surface area contributed by atoms with Crippen molar-refractivity contribution in [3.8, 4) is 0 Å². The van der Waals surface area contributed by atoms with Crippen LogP contribution in [-0.2, 0) is 0 Å². The molecule has 0 saturated carbocycles. The average molecular weight is 165 g/mol. The monoisotopic (exact) mass is 165 g/mol. The van der Waals surface area contributed by atoms with Gasteiger partial charge in [-0.15, -0.1) is 0 Å². The average Bonchev–Trinajstić information content (AvgIpc) is 2.26. The Kier molecular flexibility index (Phi) is 1.29. The van der Waals surface area contributed by atoms with Crippen molar-refractivity contribution in [3.05, 3.63) is 17.7 Å². The fourth-order valence-electron chi connectivity index (χ4n) is 1.19. The molecule has 0 radical (unpaired) electrons. The SMILES string of the molecule is Cc1nc2c(o1)C=C[C@](C)(N)N2. The highest BCUT2D eigenvalue weighted by Gasteiger charge is 2.22. The van der Waals surface area contributed by atoms with Gasteiger partial charge in [0.05, 0.1) is 0 Å². The first-order chi connectivity index (χ1) is 5.57. The topological polar surface area (TPSA) is 64.1 Å². The standard InChI is InChI=1S/C8H11N3O/c1-5-10-7-6(12-5)3-4-8(2,9)11-7/h3-4,11H,9H2,1-2H3/t8-/m1/s1. The number of hydrogen-bond acceptors (Lipinski definition) is 4. The van der Waals surface area contributed by atoms with E-state index in [2.05, 4.69) is 10.3 Å². The minimum Gasteiger partial charge on any atom is -0.439 e. The summed E-state index contributed by atoms with van der Waals surface area (Å²) in [5, 5.41) is 3.04. The summed E-state index contributed by atoms with van der Waals surface area (Å²) in [6, 6.07) is 0. The largest absolute Gasteiger partial charge is 0.439 e. The van der Waals surface area contributed by atoms with Gasteiger partial charge in [0.25, 0.3) is 0 Å². The molecule has 1 aromatic rings. The summed E-state index contributed by atoms with van der Waals surface area (Å²) in [5.41, 5.74) is 5.30. The van der Waals surface area contributed by atoms with Crippen molar-refractivity contribution in [2.75, 3.05) is 5.32 Å². The van der Waals surface area contributed by atoms with E-state index in [1.165, 1.54) is 0 Å². The van der Waals surface area contributed by atoms with Gasteiger partial charge in [-0.2, -0.15) is 4.98 Å². The van der Waals surface area contributed by atoms with E-state index in [0.717, 1.165) is 11.6 Å². The van der Waals surface area contributed by atoms with Crippen LogP contribution in [0.4, 0.5) is 5.82 Å². The molecule has 1 aliphatic rings. The van der Waals surface area contributed by atoms with E-state index < -0.39 is 5.66 Å². The highest BCUT2D eigenvalue weighted by Crippen LogP contribution is 2.25. The van der Waals surface area contributed by atoms with Crippen LogP contribution in [0.2, 0.25) is 0 Å². The molecule has 3 N–H and O–H groups in total. The molecule has 1 atom stereocenters. The summed E-state index contributed by atoms with van der Waals surface area (Å²) in [4.78, 5) is 4.14. The van der Waals surface area contributed by atoms with E-state index in [9.17, 15) is 0 Å². The molecule has 2 rings (SSSR count). The lowest BCUT2D eigenvalue weighted by atomic mass is 10.1. The number of hydrogen-bond donors (Lipinski definition) is 2. The van der Waals surface area contributed by atoms with Crippen LogP contribution in [0.15, 0.2) is 10.5 Å². The molecule has 0 aromatic carbocycles. The summed E-state index contributed by atoms with van der Waals surface area (Å²) in [7, 11) is 0. The molecule has 0 amide bonds. The molecule has 0 fully saturated rings. The molecular formula is C8H11N3O. The number of aryl methyl sites for hydroxylation is 1. The fourth-order valence-corrected chi connectivity index (χ4v) is 1.19. The normalized spacial score (nSPS) is 26.6. The Hall–Kier alpha value is -1.29. The molecule has 0 bridgehead atoms. The third kappa shape index (κ3) is 1.10. The molecule has 0 spiro atoms. The van der Waals surface area contributed by atoms with E-state index in [0.29, 0.717) is 5.89 Å². The second kappa shape index (κ2) is 2.10. The van der Waals surface area contributed by atoms with E-state index in [-0.39, 0.29) is 0 Å². The number of nitrogens with zero attached hydrogens (tertiary/aromatic N) is 1. The quantitative estimate of drug-likeness (QED) is 0.604. The number of anilines is 1. The van der Waals surface area contributed by atoms with E-state index >= 15 is 0 Å². The first-order valence-electron chi connectivity index (χ1n) is 3.80. The van der Waals surface area contributed by atoms with Crippen LogP contribution in [0, 0.1) is 6.92 Å². The lowest BCUT2D eigenvalue weighted by Crippen LogP contribution is -2.43. The summed E-state index contributed by atoms with van der Waals surface area (Å²) >= 11 is 0. The number of aromatic nitrogens is 1. The van der Waals surface area contributed by atoms with Crippen LogP contribution < -0.4 is 11.1 Å². The van der Waals surface area contributed by atoms with E-state index in [1.54, 1.807) is 0 Å². The number of nitrogens with two attached hydrogens (primary N) is 1. The van der Waals surface area contributed by atoms with Gasteiger partial charge in [0.1, 0.15) is 5.66 Å². The Labute approximate surface area is 70.5 Å². The molecular weight excluding hydrogens is 154 g/mol. The molecule has 0 aliphatic carbocycles. The van der Waals surface area contributed by atoms with E-state index in [1.807, 2.05) is 26.0 Å². The molecule has 4 nitrogen and oxygen atoms in total. The van der Waals surface area contributed by atoms with Crippen LogP contribution in [0.3, 0.4) is 0 Å². The maximum atomic E-state index is 5.82. The van der Waals surface area contributed by atoms with Crippen LogP contribution in [0.1, 0.15) is 18.6 Å². The molecule has 2 heterocycles. The zero-order valence-corrected chi connectivity index (χ0v) is 7.09. The molecule has 1 aliphatic heterocycles. The number of fused-ring (bicyclic) bond motifs is 1. The molecule has 1 aromatic heterocycles. The summed E-state index contributed by atoms with van der Waals surface area (Å²) < 4.78 is 5.28. The predicted octanol–water partition coefficient (Wildman–Crippen LogP) is 1.10. The van der Waals surface area contributed by atoms with Crippen LogP contribution in [0.5, 0.6) is 0 Å². The zero-order chi connectivity index (χ0) is 8.77. The van der Waals surface area contributed by atoms with Crippen molar-refractivity contribution in [2.45, 2.75) is 19.5 Å². The van der Waals surface area contributed by atoms with Crippen molar-refractivity contribution < 1.29 is 4.42 Å². The first-order valence-corrected chi connectivity index (χ1v) is 3.80. The number of nitrogens with one attached hydrogen (secondary N) is 1. The van der Waals surface area contributed by atoms with Gasteiger partial charge >= 0.3 is 0 Å². The summed E-state index contributed by atoms with van der Waals surface area (Å²) in [6.07, 6.45) is 3.69. The minimum absolute atomic E-state index is 0.518. The Morgan fingerprint density at radius 3 is 3.17 bits per heavy atom. The Balaban J connectivity index is 2.45. The second-order valence-electron chi connectivity index (χ2n) is 3.19. The van der Waals surface area contributed by atoms with Crippen LogP contribution in [0.25, 0.3) is 6.08 Å². The van der Waals surface area contributed by atoms with Crippen molar-refractivity contribution in [3.63, 3.8) is 0 Å². The summed E-state index contributed by atoms with van der Waals surface area (Å²) in [5.74, 6) is 2.12. The molecule has 0 saturated heterocycles. The maximum absolute atomic E-state index is 5.82. The van der Waals surface area contributed by atoms with Crippen LogP contribution in [-0.4, -0.2) is 10.6 Å². The van der Waals surface area contributed by atoms with Crippen molar-refractivity contribution >= 4 is 11.9 Å². The molecule has 64 valence electrons. The van der Waals surface area contributed by atoms with Gasteiger partial charge in [-0.3, -0.25) is 0 Å². The van der Waals surface area contributed by atoms with Crippen molar-refractivity contribution in [2.24, 2.45) is 5.73 Å². The highest BCUT2D eigenvalue weighted by atomic mass is 16.4. The van der Waals surface area contributed by atoms with Crippen LogP contribution >= 0.6 is 0 Å². The smallest absolute Gasteiger partial charge is 0.193 e. The van der Waals surface area contributed by atoms with Crippen molar-refractivity contribution in [1.29, 1.82) is 0 Å².